The van der Waals surface area contributed by atoms with E-state index in [1.54, 1.807) is 43.2 Å². The van der Waals surface area contributed by atoms with Crippen LogP contribution in [0.5, 0.6) is 0 Å². The summed E-state index contributed by atoms with van der Waals surface area (Å²) < 4.78 is 0.0863. The summed E-state index contributed by atoms with van der Waals surface area (Å²) in [4.78, 5) is 20.8. The van der Waals surface area contributed by atoms with Crippen molar-refractivity contribution in [3.8, 4) is 0 Å². The van der Waals surface area contributed by atoms with Crippen LogP contribution in [0.3, 0.4) is 0 Å². The standard InChI is InChI=1S/C12H22O4S4/c1-9(19-17-6-4-10(13)14)8-12(2,3)20-18-7-5-11(15)16/h9H,4-8H2,1-3H3,(H,13,14)(H,15,16). The van der Waals surface area contributed by atoms with E-state index >= 15 is 0 Å². The molecule has 0 radical (unpaired) electrons. The van der Waals surface area contributed by atoms with Gasteiger partial charge in [-0.05, 0) is 20.3 Å². The molecule has 0 rings (SSSR count). The molecule has 0 bridgehead atoms. The first-order chi connectivity index (χ1) is 9.23. The molecule has 1 unspecified atom stereocenters. The van der Waals surface area contributed by atoms with Crippen molar-refractivity contribution >= 4 is 55.1 Å². The van der Waals surface area contributed by atoms with Crippen LogP contribution in [0.25, 0.3) is 0 Å². The number of hydrogen-bond acceptors (Lipinski definition) is 6. The molecule has 8 heteroatoms. The van der Waals surface area contributed by atoms with Crippen molar-refractivity contribution in [1.29, 1.82) is 0 Å². The summed E-state index contributed by atoms with van der Waals surface area (Å²) >= 11 is 0. The Morgan fingerprint density at radius 3 is 2.05 bits per heavy atom. The van der Waals surface area contributed by atoms with Crippen molar-refractivity contribution < 1.29 is 19.8 Å². The minimum absolute atomic E-state index is 0.0863. The number of aliphatic carboxylic acids is 2. The van der Waals surface area contributed by atoms with Gasteiger partial charge in [0.1, 0.15) is 0 Å². The third-order valence-electron chi connectivity index (χ3n) is 2.09. The topological polar surface area (TPSA) is 74.6 Å². The van der Waals surface area contributed by atoms with Crippen LogP contribution in [-0.2, 0) is 9.59 Å². The highest BCUT2D eigenvalue weighted by molar-refractivity contribution is 8.77. The Morgan fingerprint density at radius 2 is 1.55 bits per heavy atom. The van der Waals surface area contributed by atoms with Crippen molar-refractivity contribution in [2.45, 2.75) is 50.0 Å². The van der Waals surface area contributed by atoms with E-state index in [0.717, 1.165) is 6.42 Å². The second kappa shape index (κ2) is 11.0. The number of hydrogen-bond donors (Lipinski definition) is 2. The third kappa shape index (κ3) is 13.3. The first-order valence-electron chi connectivity index (χ1n) is 6.25. The number of rotatable bonds is 12. The molecule has 1 atom stereocenters. The Morgan fingerprint density at radius 1 is 1.05 bits per heavy atom. The molecule has 0 amide bonds. The van der Waals surface area contributed by atoms with Crippen molar-refractivity contribution in [2.75, 3.05) is 11.5 Å². The quantitative estimate of drug-likeness (QED) is 0.396. The number of carbonyl (C=O) groups is 2. The summed E-state index contributed by atoms with van der Waals surface area (Å²) in [7, 11) is 6.67. The maximum Gasteiger partial charge on any atom is 0.304 e. The summed E-state index contributed by atoms with van der Waals surface area (Å²) in [5.74, 6) is -0.255. The Hall–Kier alpha value is 0.340. The summed E-state index contributed by atoms with van der Waals surface area (Å²) in [6.45, 7) is 6.46. The molecule has 0 aliphatic heterocycles. The number of carboxylic acid groups (broad SMARTS) is 2. The van der Waals surface area contributed by atoms with Crippen LogP contribution in [0.2, 0.25) is 0 Å². The van der Waals surface area contributed by atoms with E-state index in [9.17, 15) is 9.59 Å². The minimum Gasteiger partial charge on any atom is -0.481 e. The second-order valence-electron chi connectivity index (χ2n) is 4.89. The highest BCUT2D eigenvalue weighted by Crippen LogP contribution is 2.42. The summed E-state index contributed by atoms with van der Waals surface area (Å²) in [5.41, 5.74) is 0. The minimum atomic E-state index is -0.755. The molecule has 2 N–H and O–H groups in total. The van der Waals surface area contributed by atoms with Crippen LogP contribution in [0.4, 0.5) is 0 Å². The van der Waals surface area contributed by atoms with Crippen molar-refractivity contribution in [3.05, 3.63) is 0 Å². The molecule has 0 saturated carbocycles. The fourth-order valence-corrected chi connectivity index (χ4v) is 6.64. The van der Waals surface area contributed by atoms with Crippen LogP contribution >= 0.6 is 43.2 Å². The smallest absolute Gasteiger partial charge is 0.304 e. The maximum atomic E-state index is 10.4. The van der Waals surface area contributed by atoms with Crippen LogP contribution in [0.15, 0.2) is 0 Å². The van der Waals surface area contributed by atoms with Gasteiger partial charge in [0.05, 0.1) is 12.8 Å². The lowest BCUT2D eigenvalue weighted by Gasteiger charge is -2.26. The molecule has 0 aliphatic rings. The van der Waals surface area contributed by atoms with E-state index in [4.69, 9.17) is 10.2 Å². The lowest BCUT2D eigenvalue weighted by molar-refractivity contribution is -0.137. The summed E-state index contributed by atoms with van der Waals surface area (Å²) in [6.07, 6.45) is 1.40. The Labute approximate surface area is 136 Å². The molecule has 0 aromatic rings. The van der Waals surface area contributed by atoms with Gasteiger partial charge in [-0.3, -0.25) is 9.59 Å². The molecular formula is C12H22O4S4. The predicted molar refractivity (Wildman–Crippen MR) is 92.8 cm³/mol. The van der Waals surface area contributed by atoms with Gasteiger partial charge in [-0.15, -0.1) is 0 Å². The van der Waals surface area contributed by atoms with Gasteiger partial charge < -0.3 is 10.2 Å². The molecule has 118 valence electrons. The van der Waals surface area contributed by atoms with Gasteiger partial charge in [0.15, 0.2) is 0 Å². The largest absolute Gasteiger partial charge is 0.481 e. The molecule has 20 heavy (non-hydrogen) atoms. The first kappa shape index (κ1) is 20.3. The molecular weight excluding hydrogens is 336 g/mol. The fraction of sp³-hybridized carbons (Fsp3) is 0.833. The highest BCUT2D eigenvalue weighted by Gasteiger charge is 2.22. The average molecular weight is 359 g/mol. The summed E-state index contributed by atoms with van der Waals surface area (Å²) in [5, 5.41) is 17.6. The van der Waals surface area contributed by atoms with Gasteiger partial charge >= 0.3 is 11.9 Å². The summed E-state index contributed by atoms with van der Waals surface area (Å²) in [6, 6.07) is 0. The van der Waals surface area contributed by atoms with Crippen molar-refractivity contribution in [2.24, 2.45) is 0 Å². The molecule has 0 aromatic carbocycles. The van der Waals surface area contributed by atoms with Gasteiger partial charge in [-0.2, -0.15) is 0 Å². The van der Waals surface area contributed by atoms with Gasteiger partial charge in [-0.25, -0.2) is 0 Å². The zero-order valence-corrected chi connectivity index (χ0v) is 15.2. The predicted octanol–water partition coefficient (Wildman–Crippen LogP) is 4.26. The Bertz CT molecular complexity index is 310. The molecule has 0 aliphatic carbocycles. The lowest BCUT2D eigenvalue weighted by Crippen LogP contribution is -2.18. The van der Waals surface area contributed by atoms with Crippen LogP contribution in [0.1, 0.15) is 40.0 Å². The monoisotopic (exact) mass is 358 g/mol. The average Bonchev–Trinajstić information content (AvgIpc) is 2.29. The Balaban J connectivity index is 3.76. The van der Waals surface area contributed by atoms with E-state index in [0.29, 0.717) is 16.8 Å². The van der Waals surface area contributed by atoms with Gasteiger partial charge in [0.2, 0.25) is 0 Å². The lowest BCUT2D eigenvalue weighted by atomic mass is 10.1. The SMILES string of the molecule is CC(CC(C)(C)SSCCC(=O)O)SSCCC(=O)O. The molecule has 4 nitrogen and oxygen atoms in total. The van der Waals surface area contributed by atoms with Gasteiger partial charge in [0.25, 0.3) is 0 Å². The fourth-order valence-electron chi connectivity index (χ4n) is 1.38. The van der Waals surface area contributed by atoms with E-state index in [2.05, 4.69) is 20.8 Å². The zero-order valence-electron chi connectivity index (χ0n) is 12.0. The van der Waals surface area contributed by atoms with Gasteiger partial charge in [-0.1, -0.05) is 50.1 Å². The van der Waals surface area contributed by atoms with E-state index in [-0.39, 0.29) is 17.6 Å². The molecule has 0 aromatic heterocycles. The van der Waals surface area contributed by atoms with Gasteiger partial charge in [0, 0.05) is 21.5 Å². The normalized spacial score (nSPS) is 13.2. The van der Waals surface area contributed by atoms with Crippen LogP contribution < -0.4 is 0 Å². The maximum absolute atomic E-state index is 10.4. The molecule has 0 heterocycles. The van der Waals surface area contributed by atoms with E-state index < -0.39 is 11.9 Å². The first-order valence-corrected chi connectivity index (χ1v) is 11.0. The second-order valence-corrected chi connectivity index (χ2v) is 10.9. The molecule has 0 fully saturated rings. The van der Waals surface area contributed by atoms with Crippen molar-refractivity contribution in [1.82, 2.24) is 0 Å². The van der Waals surface area contributed by atoms with Crippen LogP contribution in [-0.4, -0.2) is 43.7 Å². The zero-order chi connectivity index (χ0) is 15.6. The number of carboxylic acids is 2. The Kier molecular flexibility index (Phi) is 11.2. The third-order valence-corrected chi connectivity index (χ3v) is 8.30. The molecule has 0 spiro atoms. The van der Waals surface area contributed by atoms with Crippen LogP contribution in [0, 0.1) is 0 Å². The van der Waals surface area contributed by atoms with E-state index in [1.807, 2.05) is 0 Å². The van der Waals surface area contributed by atoms with Crippen molar-refractivity contribution in [3.63, 3.8) is 0 Å². The highest BCUT2D eigenvalue weighted by atomic mass is 33.1. The van der Waals surface area contributed by atoms with E-state index in [1.165, 1.54) is 0 Å². The molecule has 0 saturated heterocycles.